The van der Waals surface area contributed by atoms with Gasteiger partial charge in [-0.15, -0.1) is 11.3 Å². The molecule has 0 aliphatic heterocycles. The summed E-state index contributed by atoms with van der Waals surface area (Å²) in [6.45, 7) is 6.14. The van der Waals surface area contributed by atoms with E-state index in [2.05, 4.69) is 48.8 Å². The largest absolute Gasteiger partial charge is 0.385 e. The molecular formula is C14H20N2S. The summed E-state index contributed by atoms with van der Waals surface area (Å²) in [4.78, 5) is 0. The van der Waals surface area contributed by atoms with Crippen molar-refractivity contribution in [3.8, 4) is 0 Å². The Labute approximate surface area is 107 Å². The first-order chi connectivity index (χ1) is 8.20. The fourth-order valence-electron chi connectivity index (χ4n) is 1.92. The molecule has 0 spiro atoms. The highest BCUT2D eigenvalue weighted by Gasteiger charge is 2.10. The van der Waals surface area contributed by atoms with Crippen molar-refractivity contribution in [3.05, 3.63) is 29.6 Å². The Balaban J connectivity index is 2.02. The number of nitrogens with one attached hydrogen (secondary N) is 1. The van der Waals surface area contributed by atoms with Crippen LogP contribution in [0.25, 0.3) is 10.1 Å². The number of benzene rings is 1. The Morgan fingerprint density at radius 1 is 1.29 bits per heavy atom. The molecule has 0 fully saturated rings. The zero-order chi connectivity index (χ0) is 12.3. The first-order valence-electron chi connectivity index (χ1n) is 6.12. The standard InChI is InChI=1S/C14H20N2S/c1-10(2)12(8-15)9-16-13-3-4-14-11(7-13)5-6-17-14/h3-7,10,12,16H,8-9,15H2,1-2H3. The second-order valence-electron chi connectivity index (χ2n) is 4.79. The van der Waals surface area contributed by atoms with E-state index in [4.69, 9.17) is 5.73 Å². The van der Waals surface area contributed by atoms with Gasteiger partial charge < -0.3 is 11.1 Å². The zero-order valence-electron chi connectivity index (χ0n) is 10.4. The number of anilines is 1. The van der Waals surface area contributed by atoms with Crippen LogP contribution in [0, 0.1) is 11.8 Å². The normalized spacial score (nSPS) is 13.2. The molecule has 2 rings (SSSR count). The van der Waals surface area contributed by atoms with E-state index in [1.54, 1.807) is 11.3 Å². The van der Waals surface area contributed by atoms with Crippen molar-refractivity contribution >= 4 is 27.1 Å². The topological polar surface area (TPSA) is 38.0 Å². The minimum absolute atomic E-state index is 0.535. The van der Waals surface area contributed by atoms with E-state index >= 15 is 0 Å². The van der Waals surface area contributed by atoms with Crippen LogP contribution in [0.1, 0.15) is 13.8 Å². The average Bonchev–Trinajstić information content (AvgIpc) is 2.76. The van der Waals surface area contributed by atoms with Gasteiger partial charge in [-0.2, -0.15) is 0 Å². The van der Waals surface area contributed by atoms with E-state index in [0.717, 1.165) is 13.1 Å². The molecule has 0 saturated carbocycles. The predicted octanol–water partition coefficient (Wildman–Crippen LogP) is 3.54. The van der Waals surface area contributed by atoms with E-state index in [-0.39, 0.29) is 0 Å². The van der Waals surface area contributed by atoms with Gasteiger partial charge in [0.25, 0.3) is 0 Å². The van der Waals surface area contributed by atoms with E-state index in [1.165, 1.54) is 15.8 Å². The van der Waals surface area contributed by atoms with Gasteiger partial charge in [0.05, 0.1) is 0 Å². The third kappa shape index (κ3) is 2.99. The molecule has 0 saturated heterocycles. The third-order valence-corrected chi connectivity index (χ3v) is 4.16. The maximum absolute atomic E-state index is 5.77. The molecule has 1 aromatic heterocycles. The Hall–Kier alpha value is -1.06. The van der Waals surface area contributed by atoms with Crippen LogP contribution in [-0.2, 0) is 0 Å². The molecule has 0 aliphatic rings. The lowest BCUT2D eigenvalue weighted by Crippen LogP contribution is -2.27. The first-order valence-corrected chi connectivity index (χ1v) is 7.00. The van der Waals surface area contributed by atoms with Gasteiger partial charge in [-0.1, -0.05) is 13.8 Å². The van der Waals surface area contributed by atoms with Crippen LogP contribution in [0.3, 0.4) is 0 Å². The molecule has 1 aromatic carbocycles. The maximum atomic E-state index is 5.77. The van der Waals surface area contributed by atoms with Crippen molar-refractivity contribution < 1.29 is 0 Å². The van der Waals surface area contributed by atoms with Crippen molar-refractivity contribution in [3.63, 3.8) is 0 Å². The lowest BCUT2D eigenvalue weighted by molar-refractivity contribution is 0.413. The van der Waals surface area contributed by atoms with Gasteiger partial charge in [0, 0.05) is 16.9 Å². The SMILES string of the molecule is CC(C)C(CN)CNc1ccc2sccc2c1. The zero-order valence-corrected chi connectivity index (χ0v) is 11.3. The predicted molar refractivity (Wildman–Crippen MR) is 77.7 cm³/mol. The molecule has 2 nitrogen and oxygen atoms in total. The Bertz CT molecular complexity index is 476. The number of rotatable bonds is 5. The van der Waals surface area contributed by atoms with Crippen molar-refractivity contribution in [2.24, 2.45) is 17.6 Å². The van der Waals surface area contributed by atoms with Crippen LogP contribution in [0.2, 0.25) is 0 Å². The highest BCUT2D eigenvalue weighted by molar-refractivity contribution is 7.17. The number of nitrogens with two attached hydrogens (primary N) is 1. The highest BCUT2D eigenvalue weighted by atomic mass is 32.1. The van der Waals surface area contributed by atoms with Crippen molar-refractivity contribution in [2.75, 3.05) is 18.4 Å². The van der Waals surface area contributed by atoms with Gasteiger partial charge in [-0.05, 0) is 53.4 Å². The average molecular weight is 248 g/mol. The van der Waals surface area contributed by atoms with Crippen LogP contribution in [0.15, 0.2) is 29.6 Å². The first kappa shape index (κ1) is 12.4. The van der Waals surface area contributed by atoms with Crippen LogP contribution >= 0.6 is 11.3 Å². The number of thiophene rings is 1. The summed E-state index contributed by atoms with van der Waals surface area (Å²) >= 11 is 1.78. The van der Waals surface area contributed by atoms with E-state index in [0.29, 0.717) is 11.8 Å². The Morgan fingerprint density at radius 2 is 2.12 bits per heavy atom. The summed E-state index contributed by atoms with van der Waals surface area (Å²) in [5, 5.41) is 6.93. The smallest absolute Gasteiger partial charge is 0.0347 e. The Kier molecular flexibility index (Phi) is 4.02. The third-order valence-electron chi connectivity index (χ3n) is 3.27. The number of hydrogen-bond donors (Lipinski definition) is 2. The summed E-state index contributed by atoms with van der Waals surface area (Å²) in [6, 6.07) is 8.69. The molecule has 1 heterocycles. The minimum atomic E-state index is 0.535. The summed E-state index contributed by atoms with van der Waals surface area (Å²) in [5.41, 5.74) is 6.96. The van der Waals surface area contributed by atoms with E-state index in [9.17, 15) is 0 Å². The van der Waals surface area contributed by atoms with Gasteiger partial charge >= 0.3 is 0 Å². The van der Waals surface area contributed by atoms with Crippen molar-refractivity contribution in [1.82, 2.24) is 0 Å². The molecule has 0 aliphatic carbocycles. The minimum Gasteiger partial charge on any atom is -0.385 e. The van der Waals surface area contributed by atoms with Gasteiger partial charge in [0.15, 0.2) is 0 Å². The van der Waals surface area contributed by atoms with Gasteiger partial charge in [-0.25, -0.2) is 0 Å². The van der Waals surface area contributed by atoms with Crippen LogP contribution in [0.4, 0.5) is 5.69 Å². The van der Waals surface area contributed by atoms with Crippen molar-refractivity contribution in [1.29, 1.82) is 0 Å². The maximum Gasteiger partial charge on any atom is 0.0347 e. The molecule has 3 heteroatoms. The fraction of sp³-hybridized carbons (Fsp3) is 0.429. The summed E-state index contributed by atoms with van der Waals surface area (Å²) in [6.07, 6.45) is 0. The van der Waals surface area contributed by atoms with Crippen LogP contribution in [0.5, 0.6) is 0 Å². The molecule has 1 atom stereocenters. The van der Waals surface area contributed by atoms with E-state index in [1.807, 2.05) is 0 Å². The molecule has 0 radical (unpaired) electrons. The summed E-state index contributed by atoms with van der Waals surface area (Å²) < 4.78 is 1.34. The highest BCUT2D eigenvalue weighted by Crippen LogP contribution is 2.24. The monoisotopic (exact) mass is 248 g/mol. The molecule has 0 bridgehead atoms. The lowest BCUT2D eigenvalue weighted by Gasteiger charge is -2.19. The summed E-state index contributed by atoms with van der Waals surface area (Å²) in [5.74, 6) is 1.16. The van der Waals surface area contributed by atoms with Crippen molar-refractivity contribution in [2.45, 2.75) is 13.8 Å². The molecule has 0 amide bonds. The quantitative estimate of drug-likeness (QED) is 0.849. The molecule has 1 unspecified atom stereocenters. The second kappa shape index (κ2) is 5.52. The molecule has 17 heavy (non-hydrogen) atoms. The second-order valence-corrected chi connectivity index (χ2v) is 5.74. The summed E-state index contributed by atoms with van der Waals surface area (Å²) in [7, 11) is 0. The van der Waals surface area contributed by atoms with E-state index < -0.39 is 0 Å². The lowest BCUT2D eigenvalue weighted by atomic mass is 9.96. The van der Waals surface area contributed by atoms with Gasteiger partial charge in [-0.3, -0.25) is 0 Å². The molecule has 2 aromatic rings. The number of fused-ring (bicyclic) bond motifs is 1. The fourth-order valence-corrected chi connectivity index (χ4v) is 2.69. The molecular weight excluding hydrogens is 228 g/mol. The van der Waals surface area contributed by atoms with Crippen LogP contribution in [-0.4, -0.2) is 13.1 Å². The molecule has 92 valence electrons. The Morgan fingerprint density at radius 3 is 2.82 bits per heavy atom. The van der Waals surface area contributed by atoms with Crippen LogP contribution < -0.4 is 11.1 Å². The molecule has 3 N–H and O–H groups in total. The van der Waals surface area contributed by atoms with Gasteiger partial charge in [0.1, 0.15) is 0 Å². The number of hydrogen-bond acceptors (Lipinski definition) is 3. The van der Waals surface area contributed by atoms with Gasteiger partial charge in [0.2, 0.25) is 0 Å².